The Morgan fingerprint density at radius 2 is 1.84 bits per heavy atom. The lowest BCUT2D eigenvalue weighted by Gasteiger charge is -2.16. The van der Waals surface area contributed by atoms with E-state index < -0.39 is 5.82 Å². The molecule has 2 amide bonds. The molecule has 158 valence electrons. The van der Waals surface area contributed by atoms with E-state index in [4.69, 9.17) is 16.0 Å². The second-order valence-electron chi connectivity index (χ2n) is 7.96. The van der Waals surface area contributed by atoms with Crippen LogP contribution in [0.3, 0.4) is 0 Å². The third kappa shape index (κ3) is 3.11. The van der Waals surface area contributed by atoms with Crippen molar-refractivity contribution in [3.05, 3.63) is 89.0 Å². The van der Waals surface area contributed by atoms with Gasteiger partial charge >= 0.3 is 6.03 Å². The molecule has 0 atom stereocenters. The predicted molar refractivity (Wildman–Crippen MR) is 123 cm³/mol. The van der Waals surface area contributed by atoms with E-state index in [-0.39, 0.29) is 11.1 Å². The monoisotopic (exact) mass is 445 g/mol. The average molecular weight is 446 g/mol. The number of anilines is 1. The van der Waals surface area contributed by atoms with Gasteiger partial charge in [0.05, 0.1) is 22.5 Å². The number of benzene rings is 3. The molecule has 0 radical (unpaired) electrons. The summed E-state index contributed by atoms with van der Waals surface area (Å²) in [5.41, 5.74) is 6.45. The first-order valence-corrected chi connectivity index (χ1v) is 10.5. The van der Waals surface area contributed by atoms with Gasteiger partial charge in [-0.1, -0.05) is 29.8 Å². The predicted octanol–water partition coefficient (Wildman–Crippen LogP) is 6.92. The highest BCUT2D eigenvalue weighted by Gasteiger charge is 2.24. The number of hydrogen-bond acceptors (Lipinski definition) is 2. The van der Waals surface area contributed by atoms with Crippen LogP contribution >= 0.6 is 11.6 Å². The minimum atomic E-state index is -0.503. The Balaban J connectivity index is 1.23. The summed E-state index contributed by atoms with van der Waals surface area (Å²) >= 11 is 5.91. The normalized spacial score (nSPS) is 13.1. The van der Waals surface area contributed by atoms with E-state index >= 15 is 0 Å². The molecule has 0 saturated heterocycles. The number of fused-ring (bicyclic) bond motifs is 3. The highest BCUT2D eigenvalue weighted by atomic mass is 35.5. The van der Waals surface area contributed by atoms with Crippen molar-refractivity contribution in [1.82, 2.24) is 9.88 Å². The third-order valence-electron chi connectivity index (χ3n) is 5.97. The van der Waals surface area contributed by atoms with Gasteiger partial charge in [-0.2, -0.15) is 0 Å². The van der Waals surface area contributed by atoms with Crippen LogP contribution in [0, 0.1) is 5.82 Å². The molecule has 32 heavy (non-hydrogen) atoms. The fraction of sp³-hybridized carbons (Fsp3) is 0.0800. The van der Waals surface area contributed by atoms with E-state index in [0.29, 0.717) is 29.7 Å². The van der Waals surface area contributed by atoms with Crippen LogP contribution < -0.4 is 5.32 Å². The topological polar surface area (TPSA) is 61.3 Å². The van der Waals surface area contributed by atoms with Gasteiger partial charge in [-0.25, -0.2) is 9.18 Å². The highest BCUT2D eigenvalue weighted by Crippen LogP contribution is 2.32. The van der Waals surface area contributed by atoms with Gasteiger partial charge in [-0.3, -0.25) is 0 Å². The number of rotatable bonds is 2. The summed E-state index contributed by atoms with van der Waals surface area (Å²) in [5, 5.41) is 4.66. The molecule has 1 aliphatic rings. The molecule has 7 heteroatoms. The largest absolute Gasteiger partial charge is 0.464 e. The van der Waals surface area contributed by atoms with E-state index in [1.807, 2.05) is 18.2 Å². The highest BCUT2D eigenvalue weighted by molar-refractivity contribution is 6.31. The summed E-state index contributed by atoms with van der Waals surface area (Å²) in [6, 6.07) is 17.0. The van der Waals surface area contributed by atoms with Crippen molar-refractivity contribution in [1.29, 1.82) is 0 Å². The molecule has 0 aliphatic carbocycles. The lowest BCUT2D eigenvalue weighted by molar-refractivity contribution is 0.212. The first kappa shape index (κ1) is 19.0. The van der Waals surface area contributed by atoms with Crippen molar-refractivity contribution in [2.24, 2.45) is 0 Å². The number of carbonyl (C=O) groups is 1. The number of aromatic nitrogens is 1. The van der Waals surface area contributed by atoms with Crippen molar-refractivity contribution >= 4 is 45.2 Å². The molecule has 6 rings (SSSR count). The molecule has 3 heterocycles. The fourth-order valence-corrected chi connectivity index (χ4v) is 4.44. The van der Waals surface area contributed by atoms with Crippen LogP contribution in [-0.4, -0.2) is 15.9 Å². The summed E-state index contributed by atoms with van der Waals surface area (Å²) in [7, 11) is 0. The summed E-state index contributed by atoms with van der Waals surface area (Å²) in [4.78, 5) is 17.6. The minimum Gasteiger partial charge on any atom is -0.464 e. The maximum absolute atomic E-state index is 13.7. The summed E-state index contributed by atoms with van der Waals surface area (Å²) in [6.07, 6.45) is 3.33. The lowest BCUT2D eigenvalue weighted by Crippen LogP contribution is -2.30. The van der Waals surface area contributed by atoms with Crippen molar-refractivity contribution in [2.75, 3.05) is 5.32 Å². The van der Waals surface area contributed by atoms with Crippen molar-refractivity contribution in [3.8, 4) is 11.1 Å². The van der Waals surface area contributed by atoms with Crippen molar-refractivity contribution in [2.45, 2.75) is 13.1 Å². The average Bonchev–Trinajstić information content (AvgIpc) is 3.52. The molecule has 0 fully saturated rings. The molecular formula is C25H17ClFN3O2. The van der Waals surface area contributed by atoms with Gasteiger partial charge in [0.15, 0.2) is 0 Å². The zero-order valence-electron chi connectivity index (χ0n) is 16.8. The SMILES string of the molecule is O=C(Nc1c[nH]c2cc(F)c(Cl)cc12)N1Cc2ccc(-c3ccc4occc4c3)cc2C1. The number of nitrogens with one attached hydrogen (secondary N) is 2. The van der Waals surface area contributed by atoms with E-state index in [9.17, 15) is 9.18 Å². The number of nitrogens with zero attached hydrogens (tertiary/aromatic N) is 1. The van der Waals surface area contributed by atoms with Crippen LogP contribution in [-0.2, 0) is 13.1 Å². The van der Waals surface area contributed by atoms with Gasteiger partial charge in [-0.05, 0) is 58.7 Å². The quantitative estimate of drug-likeness (QED) is 0.310. The lowest BCUT2D eigenvalue weighted by atomic mass is 10.00. The molecule has 5 aromatic rings. The molecule has 3 aromatic carbocycles. The number of amides is 2. The van der Waals surface area contributed by atoms with E-state index in [1.54, 1.807) is 17.4 Å². The molecule has 2 aromatic heterocycles. The Labute approximate surface area is 187 Å². The number of carbonyl (C=O) groups excluding carboxylic acids is 1. The number of furan rings is 1. The molecule has 2 N–H and O–H groups in total. The van der Waals surface area contributed by atoms with Gasteiger partial charge in [0.25, 0.3) is 0 Å². The van der Waals surface area contributed by atoms with E-state index in [1.165, 1.54) is 12.1 Å². The number of H-pyrrole nitrogens is 1. The maximum Gasteiger partial charge on any atom is 0.322 e. The molecular weight excluding hydrogens is 429 g/mol. The maximum atomic E-state index is 13.7. The second kappa shape index (κ2) is 7.14. The van der Waals surface area contributed by atoms with Crippen molar-refractivity contribution in [3.63, 3.8) is 0 Å². The van der Waals surface area contributed by atoms with Crippen LogP contribution in [0.2, 0.25) is 5.02 Å². The summed E-state index contributed by atoms with van der Waals surface area (Å²) in [6.45, 7) is 1.04. The van der Waals surface area contributed by atoms with E-state index in [0.717, 1.165) is 33.2 Å². The zero-order chi connectivity index (χ0) is 21.8. The Bertz CT molecular complexity index is 1520. The molecule has 5 nitrogen and oxygen atoms in total. The third-order valence-corrected chi connectivity index (χ3v) is 6.26. The van der Waals surface area contributed by atoms with Crippen LogP contribution in [0.15, 0.2) is 71.5 Å². The number of hydrogen-bond donors (Lipinski definition) is 2. The molecule has 0 bridgehead atoms. The van der Waals surface area contributed by atoms with Gasteiger partial charge in [0.2, 0.25) is 0 Å². The summed E-state index contributed by atoms with van der Waals surface area (Å²) in [5.74, 6) is -0.503. The van der Waals surface area contributed by atoms with Crippen LogP contribution in [0.5, 0.6) is 0 Å². The minimum absolute atomic E-state index is 0.0160. The Morgan fingerprint density at radius 3 is 2.75 bits per heavy atom. The first-order chi connectivity index (χ1) is 15.5. The Morgan fingerprint density at radius 1 is 1.03 bits per heavy atom. The molecule has 0 spiro atoms. The van der Waals surface area contributed by atoms with Gasteiger partial charge in [0.1, 0.15) is 11.4 Å². The van der Waals surface area contributed by atoms with Gasteiger partial charge in [-0.15, -0.1) is 0 Å². The standard InChI is InChI=1S/C25H17ClFN3O2/c26-20-9-19-22(10-21(20)27)28-11-23(19)29-25(31)30-12-17-2-1-14(8-18(17)13-30)15-3-4-24-16(7-15)5-6-32-24/h1-11,28H,12-13H2,(H,29,31). The molecule has 1 aliphatic heterocycles. The smallest absolute Gasteiger partial charge is 0.322 e. The summed E-state index contributed by atoms with van der Waals surface area (Å²) < 4.78 is 19.1. The zero-order valence-corrected chi connectivity index (χ0v) is 17.5. The fourth-order valence-electron chi connectivity index (χ4n) is 4.28. The first-order valence-electron chi connectivity index (χ1n) is 10.2. The van der Waals surface area contributed by atoms with Crippen LogP contribution in [0.4, 0.5) is 14.9 Å². The Kier molecular flexibility index (Phi) is 4.23. The Hall–Kier alpha value is -3.77. The van der Waals surface area contributed by atoms with Crippen LogP contribution in [0.25, 0.3) is 33.0 Å². The van der Waals surface area contributed by atoms with Crippen molar-refractivity contribution < 1.29 is 13.6 Å². The number of halogens is 2. The number of aromatic amines is 1. The van der Waals surface area contributed by atoms with Gasteiger partial charge < -0.3 is 19.6 Å². The molecule has 0 unspecified atom stereocenters. The van der Waals surface area contributed by atoms with Gasteiger partial charge in [0, 0.05) is 30.1 Å². The molecule has 0 saturated carbocycles. The second-order valence-corrected chi connectivity index (χ2v) is 8.36. The number of urea groups is 1. The van der Waals surface area contributed by atoms with E-state index in [2.05, 4.69) is 34.6 Å². The van der Waals surface area contributed by atoms with Crippen LogP contribution in [0.1, 0.15) is 11.1 Å².